The van der Waals surface area contributed by atoms with Gasteiger partial charge in [-0.05, 0) is 67.4 Å². The minimum absolute atomic E-state index is 0.123. The molecule has 1 saturated heterocycles. The van der Waals surface area contributed by atoms with Crippen LogP contribution >= 0.6 is 11.8 Å². The van der Waals surface area contributed by atoms with E-state index in [1.807, 2.05) is 71.6 Å². The van der Waals surface area contributed by atoms with Crippen molar-refractivity contribution in [2.24, 2.45) is 16.6 Å². The van der Waals surface area contributed by atoms with Crippen LogP contribution in [0.5, 0.6) is 5.75 Å². The molecule has 2 aliphatic rings. The van der Waals surface area contributed by atoms with Gasteiger partial charge in [0.1, 0.15) is 18.1 Å². The Balaban J connectivity index is 1.27. The van der Waals surface area contributed by atoms with Crippen molar-refractivity contribution in [2.45, 2.75) is 26.4 Å². The van der Waals surface area contributed by atoms with E-state index in [1.54, 1.807) is 0 Å². The molecule has 9 heteroatoms. The molecule has 0 radical (unpaired) electrons. The Morgan fingerprint density at radius 3 is 2.55 bits per heavy atom. The number of primary amides is 1. The Hall–Kier alpha value is -4.63. The average molecular weight is 578 g/mol. The van der Waals surface area contributed by atoms with Crippen molar-refractivity contribution in [3.05, 3.63) is 107 Å². The molecule has 0 spiro atoms. The molecule has 8 nitrogen and oxygen atoms in total. The van der Waals surface area contributed by atoms with E-state index in [-0.39, 0.29) is 17.7 Å². The van der Waals surface area contributed by atoms with Crippen molar-refractivity contribution in [2.75, 3.05) is 13.1 Å². The minimum atomic E-state index is -0.277. The van der Waals surface area contributed by atoms with Crippen molar-refractivity contribution >= 4 is 34.8 Å². The third kappa shape index (κ3) is 6.16. The van der Waals surface area contributed by atoms with Crippen molar-refractivity contribution < 1.29 is 14.3 Å². The molecular formula is C33H31N5O3S. The van der Waals surface area contributed by atoms with Crippen LogP contribution in [0, 0.1) is 12.8 Å². The molecule has 0 atom stereocenters. The number of hydrogen-bond donors (Lipinski definition) is 1. The van der Waals surface area contributed by atoms with Crippen molar-refractivity contribution in [3.63, 3.8) is 0 Å². The summed E-state index contributed by atoms with van der Waals surface area (Å²) >= 11 is 1.36. The fourth-order valence-corrected chi connectivity index (χ4v) is 6.00. The third-order valence-corrected chi connectivity index (χ3v) is 8.50. The molecule has 1 fully saturated rings. The summed E-state index contributed by atoms with van der Waals surface area (Å²) in [6.45, 7) is 3.81. The van der Waals surface area contributed by atoms with Gasteiger partial charge in [-0.1, -0.05) is 60.2 Å². The number of aliphatic imine (C=N–C) groups is 1. The van der Waals surface area contributed by atoms with Gasteiger partial charge >= 0.3 is 0 Å². The first-order chi connectivity index (χ1) is 20.4. The number of thioether (sulfide) groups is 1. The van der Waals surface area contributed by atoms with E-state index in [1.165, 1.54) is 17.3 Å². The van der Waals surface area contributed by atoms with Crippen molar-refractivity contribution in [1.29, 1.82) is 0 Å². The van der Waals surface area contributed by atoms with Gasteiger partial charge in [-0.2, -0.15) is 10.1 Å². The summed E-state index contributed by atoms with van der Waals surface area (Å²) < 4.78 is 7.94. The number of hydrogen-bond acceptors (Lipinski definition) is 6. The number of nitrogens with two attached hydrogens (primary N) is 1. The fraction of sp³-hybridized carbons (Fsp3) is 0.212. The third-order valence-electron chi connectivity index (χ3n) is 7.46. The predicted octanol–water partition coefficient (Wildman–Crippen LogP) is 5.59. The fourth-order valence-electron chi connectivity index (χ4n) is 5.04. The van der Waals surface area contributed by atoms with Crippen LogP contribution in [-0.4, -0.2) is 44.8 Å². The summed E-state index contributed by atoms with van der Waals surface area (Å²) in [5.41, 5.74) is 11.1. The summed E-state index contributed by atoms with van der Waals surface area (Å²) in [7, 11) is 0. The van der Waals surface area contributed by atoms with Crippen LogP contribution in [0.15, 0.2) is 95.0 Å². The highest BCUT2D eigenvalue weighted by Gasteiger charge is 2.31. The van der Waals surface area contributed by atoms with E-state index in [0.717, 1.165) is 33.8 Å². The zero-order valence-electron chi connectivity index (χ0n) is 23.3. The van der Waals surface area contributed by atoms with Gasteiger partial charge in [-0.25, -0.2) is 4.68 Å². The molecule has 0 bridgehead atoms. The number of rotatable bonds is 7. The zero-order chi connectivity index (χ0) is 29.1. The Bertz CT molecular complexity index is 1670. The Labute approximate surface area is 248 Å². The first-order valence-electron chi connectivity index (χ1n) is 13.9. The molecule has 1 aromatic heterocycles. The Morgan fingerprint density at radius 1 is 1.05 bits per heavy atom. The van der Waals surface area contributed by atoms with Crippen molar-refractivity contribution in [3.8, 4) is 22.7 Å². The number of carbonyl (C=O) groups excluding carboxylic acids is 2. The lowest BCUT2D eigenvalue weighted by Crippen LogP contribution is -2.40. The number of likely N-dealkylation sites (tertiary alicyclic amines) is 1. The summed E-state index contributed by atoms with van der Waals surface area (Å²) in [4.78, 5) is 31.5. The van der Waals surface area contributed by atoms with E-state index in [9.17, 15) is 9.59 Å². The second-order valence-corrected chi connectivity index (χ2v) is 11.5. The first-order valence-corrected chi connectivity index (χ1v) is 14.8. The van der Waals surface area contributed by atoms with E-state index in [0.29, 0.717) is 42.6 Å². The maximum absolute atomic E-state index is 13.0. The maximum Gasteiger partial charge on any atom is 0.286 e. The molecule has 2 amide bonds. The predicted molar refractivity (Wildman–Crippen MR) is 166 cm³/mol. The second-order valence-electron chi connectivity index (χ2n) is 10.5. The van der Waals surface area contributed by atoms with E-state index in [2.05, 4.69) is 41.1 Å². The lowest BCUT2D eigenvalue weighted by molar-refractivity contribution is -0.123. The van der Waals surface area contributed by atoms with Gasteiger partial charge in [0.25, 0.3) is 5.91 Å². The topological polar surface area (TPSA) is 103 Å². The quantitative estimate of drug-likeness (QED) is 0.287. The molecular weight excluding hydrogens is 546 g/mol. The van der Waals surface area contributed by atoms with Gasteiger partial charge in [0.15, 0.2) is 5.17 Å². The van der Waals surface area contributed by atoms with E-state index in [4.69, 9.17) is 15.6 Å². The summed E-state index contributed by atoms with van der Waals surface area (Å²) in [5.74, 6) is 0.0692. The molecule has 0 aliphatic carbocycles. The number of amides is 2. The SMILES string of the molecule is Cc1ccc(COc2cccc(-c3nn(-c4ccccc4)cc3C=C3SC(N4CCC(C(N)=O)CC4)=NC3=O)c2)cc1. The van der Waals surface area contributed by atoms with Crippen molar-refractivity contribution in [1.82, 2.24) is 14.7 Å². The number of benzene rings is 3. The largest absolute Gasteiger partial charge is 0.489 e. The standard InChI is InChI=1S/C33H31N5O3S/c1-22-10-12-23(13-11-22)21-41-28-9-5-6-25(18-28)30-26(20-38(36-30)27-7-3-2-4-8-27)19-29-32(40)35-33(42-29)37-16-14-24(15-17-37)31(34)39/h2-13,18-20,24H,14-17,21H2,1H3,(H2,34,39). The highest BCUT2D eigenvalue weighted by Crippen LogP contribution is 2.35. The molecule has 2 N–H and O–H groups in total. The highest BCUT2D eigenvalue weighted by atomic mass is 32.2. The normalized spacial score (nSPS) is 16.6. The average Bonchev–Trinajstić information content (AvgIpc) is 3.61. The maximum atomic E-state index is 13.0. The smallest absolute Gasteiger partial charge is 0.286 e. The molecule has 2 aliphatic heterocycles. The Kier molecular flexibility index (Phi) is 7.92. The minimum Gasteiger partial charge on any atom is -0.489 e. The van der Waals surface area contributed by atoms with Crippen LogP contribution in [0.1, 0.15) is 29.5 Å². The van der Waals surface area contributed by atoms with Crippen LogP contribution in [-0.2, 0) is 16.2 Å². The Morgan fingerprint density at radius 2 is 1.81 bits per heavy atom. The lowest BCUT2D eigenvalue weighted by Gasteiger charge is -2.31. The lowest BCUT2D eigenvalue weighted by atomic mass is 9.97. The second kappa shape index (κ2) is 12.1. The number of ether oxygens (including phenoxy) is 1. The number of nitrogens with zero attached hydrogens (tertiary/aromatic N) is 4. The molecule has 4 aromatic rings. The van der Waals surface area contributed by atoms with Gasteiger partial charge in [-0.3, -0.25) is 9.59 Å². The first kappa shape index (κ1) is 27.5. The van der Waals surface area contributed by atoms with Gasteiger partial charge in [-0.15, -0.1) is 0 Å². The van der Waals surface area contributed by atoms with E-state index >= 15 is 0 Å². The molecule has 6 rings (SSSR count). The van der Waals surface area contributed by atoms with Crippen LogP contribution in [0.2, 0.25) is 0 Å². The number of piperidine rings is 1. The number of carbonyl (C=O) groups is 2. The molecule has 0 unspecified atom stereocenters. The molecule has 212 valence electrons. The highest BCUT2D eigenvalue weighted by molar-refractivity contribution is 8.18. The van der Waals surface area contributed by atoms with Gasteiger partial charge in [0, 0.05) is 36.3 Å². The number of aryl methyl sites for hydroxylation is 1. The van der Waals surface area contributed by atoms with Gasteiger partial charge in [0.05, 0.1) is 10.6 Å². The van der Waals surface area contributed by atoms with Crippen LogP contribution < -0.4 is 10.5 Å². The van der Waals surface area contributed by atoms with E-state index < -0.39 is 0 Å². The molecule has 3 aromatic carbocycles. The zero-order valence-corrected chi connectivity index (χ0v) is 24.1. The summed E-state index contributed by atoms with van der Waals surface area (Å²) in [6, 6.07) is 26.0. The number of amidine groups is 1. The van der Waals surface area contributed by atoms with Crippen LogP contribution in [0.25, 0.3) is 23.0 Å². The van der Waals surface area contributed by atoms with Gasteiger partial charge < -0.3 is 15.4 Å². The van der Waals surface area contributed by atoms with Crippen LogP contribution in [0.4, 0.5) is 0 Å². The number of aromatic nitrogens is 2. The molecule has 0 saturated carbocycles. The summed E-state index contributed by atoms with van der Waals surface area (Å²) in [6.07, 6.45) is 5.12. The summed E-state index contributed by atoms with van der Waals surface area (Å²) in [5, 5.41) is 5.59. The number of para-hydroxylation sites is 1. The monoisotopic (exact) mass is 577 g/mol. The van der Waals surface area contributed by atoms with Crippen LogP contribution in [0.3, 0.4) is 0 Å². The van der Waals surface area contributed by atoms with Gasteiger partial charge in [0.2, 0.25) is 5.91 Å². The molecule has 3 heterocycles. The molecule has 42 heavy (non-hydrogen) atoms.